The number of hydrogen-bond acceptors (Lipinski definition) is 3. The Bertz CT molecular complexity index is 410. The SMILES string of the molecule is c1ccc(CC2=N[C@@H](C3CCCCC3)CO2)nc1. The Kier molecular flexibility index (Phi) is 3.58. The van der Waals surface area contributed by atoms with Gasteiger partial charge >= 0.3 is 0 Å². The summed E-state index contributed by atoms with van der Waals surface area (Å²) >= 11 is 0. The van der Waals surface area contributed by atoms with Gasteiger partial charge in [0.05, 0.1) is 12.5 Å². The Hall–Kier alpha value is -1.38. The molecule has 0 N–H and O–H groups in total. The van der Waals surface area contributed by atoms with Crippen molar-refractivity contribution in [1.29, 1.82) is 0 Å². The van der Waals surface area contributed by atoms with Crippen LogP contribution in [0.1, 0.15) is 37.8 Å². The summed E-state index contributed by atoms with van der Waals surface area (Å²) in [5.41, 5.74) is 1.04. The molecule has 1 aliphatic carbocycles. The second-order valence-electron chi connectivity index (χ2n) is 5.30. The van der Waals surface area contributed by atoms with Crippen LogP contribution < -0.4 is 0 Å². The number of nitrogens with zero attached hydrogens (tertiary/aromatic N) is 2. The van der Waals surface area contributed by atoms with Crippen LogP contribution in [0.4, 0.5) is 0 Å². The van der Waals surface area contributed by atoms with Gasteiger partial charge in [0.25, 0.3) is 0 Å². The number of aromatic nitrogens is 1. The Labute approximate surface area is 108 Å². The van der Waals surface area contributed by atoms with E-state index in [-0.39, 0.29) is 0 Å². The Morgan fingerprint density at radius 1 is 1.17 bits per heavy atom. The van der Waals surface area contributed by atoms with E-state index in [1.807, 2.05) is 24.4 Å². The quantitative estimate of drug-likeness (QED) is 0.819. The van der Waals surface area contributed by atoms with Gasteiger partial charge in [0, 0.05) is 11.9 Å². The maximum absolute atomic E-state index is 5.73. The monoisotopic (exact) mass is 244 g/mol. The van der Waals surface area contributed by atoms with Crippen molar-refractivity contribution in [2.45, 2.75) is 44.6 Å². The number of ether oxygens (including phenoxy) is 1. The maximum atomic E-state index is 5.73. The minimum atomic E-state index is 0.406. The van der Waals surface area contributed by atoms with Gasteiger partial charge in [-0.3, -0.25) is 4.98 Å². The number of hydrogen-bond donors (Lipinski definition) is 0. The van der Waals surface area contributed by atoms with Crippen LogP contribution in [-0.4, -0.2) is 23.5 Å². The second kappa shape index (κ2) is 5.51. The molecule has 2 aliphatic rings. The third-order valence-corrected chi connectivity index (χ3v) is 3.98. The zero-order valence-electron chi connectivity index (χ0n) is 10.7. The number of pyridine rings is 1. The smallest absolute Gasteiger partial charge is 0.189 e. The lowest BCUT2D eigenvalue weighted by Crippen LogP contribution is -2.22. The summed E-state index contributed by atoms with van der Waals surface area (Å²) in [6.45, 7) is 0.785. The molecule has 96 valence electrons. The van der Waals surface area contributed by atoms with Crippen molar-refractivity contribution in [3.63, 3.8) is 0 Å². The van der Waals surface area contributed by atoms with Gasteiger partial charge in [0.2, 0.25) is 0 Å². The van der Waals surface area contributed by atoms with Crippen LogP contribution in [0, 0.1) is 5.92 Å². The van der Waals surface area contributed by atoms with Crippen LogP contribution in [0.2, 0.25) is 0 Å². The van der Waals surface area contributed by atoms with Gasteiger partial charge in [0.15, 0.2) is 5.90 Å². The maximum Gasteiger partial charge on any atom is 0.189 e. The molecule has 1 atom stereocenters. The first kappa shape index (κ1) is 11.7. The molecular formula is C15H20N2O. The molecule has 1 saturated carbocycles. The van der Waals surface area contributed by atoms with E-state index in [0.29, 0.717) is 6.04 Å². The molecule has 0 spiro atoms. The Balaban J connectivity index is 1.61. The summed E-state index contributed by atoms with van der Waals surface area (Å²) < 4.78 is 5.73. The molecule has 3 rings (SSSR count). The van der Waals surface area contributed by atoms with Crippen molar-refractivity contribution in [3.05, 3.63) is 30.1 Å². The lowest BCUT2D eigenvalue weighted by atomic mass is 9.84. The zero-order valence-corrected chi connectivity index (χ0v) is 10.7. The first-order chi connectivity index (χ1) is 8.92. The van der Waals surface area contributed by atoms with Crippen LogP contribution in [0.25, 0.3) is 0 Å². The second-order valence-corrected chi connectivity index (χ2v) is 5.30. The summed E-state index contributed by atoms with van der Waals surface area (Å²) in [6, 6.07) is 6.38. The highest BCUT2D eigenvalue weighted by molar-refractivity contribution is 5.79. The highest BCUT2D eigenvalue weighted by Crippen LogP contribution is 2.30. The molecule has 0 aromatic carbocycles. The third kappa shape index (κ3) is 2.71. The van der Waals surface area contributed by atoms with Gasteiger partial charge in [-0.05, 0) is 30.9 Å². The molecular weight excluding hydrogens is 224 g/mol. The largest absolute Gasteiger partial charge is 0.478 e. The van der Waals surface area contributed by atoms with Gasteiger partial charge < -0.3 is 4.74 Å². The zero-order chi connectivity index (χ0) is 12.2. The van der Waals surface area contributed by atoms with Crippen LogP contribution in [0.15, 0.2) is 29.4 Å². The van der Waals surface area contributed by atoms with Gasteiger partial charge in [-0.25, -0.2) is 4.99 Å². The highest BCUT2D eigenvalue weighted by Gasteiger charge is 2.28. The van der Waals surface area contributed by atoms with E-state index in [1.54, 1.807) is 0 Å². The first-order valence-electron chi connectivity index (χ1n) is 7.01. The number of aliphatic imine (C=N–C) groups is 1. The average molecular weight is 244 g/mol. The molecule has 18 heavy (non-hydrogen) atoms. The molecule has 0 saturated heterocycles. The summed E-state index contributed by atoms with van der Waals surface area (Å²) in [6.07, 6.45) is 9.35. The summed E-state index contributed by atoms with van der Waals surface area (Å²) in [7, 11) is 0. The van der Waals surface area contributed by atoms with Crippen molar-refractivity contribution >= 4 is 5.90 Å². The van der Waals surface area contributed by atoms with Crippen LogP contribution in [-0.2, 0) is 11.2 Å². The molecule has 3 heteroatoms. The van der Waals surface area contributed by atoms with E-state index in [4.69, 9.17) is 9.73 Å². The van der Waals surface area contributed by atoms with Crippen LogP contribution >= 0.6 is 0 Å². The minimum Gasteiger partial charge on any atom is -0.478 e. The first-order valence-corrected chi connectivity index (χ1v) is 7.01. The summed E-state index contributed by atoms with van der Waals surface area (Å²) in [4.78, 5) is 9.08. The summed E-state index contributed by atoms with van der Waals surface area (Å²) in [5.74, 6) is 1.63. The fraction of sp³-hybridized carbons (Fsp3) is 0.600. The molecule has 0 amide bonds. The summed E-state index contributed by atoms with van der Waals surface area (Å²) in [5, 5.41) is 0. The van der Waals surface area contributed by atoms with E-state index in [1.165, 1.54) is 32.1 Å². The lowest BCUT2D eigenvalue weighted by Gasteiger charge is -2.24. The van der Waals surface area contributed by atoms with E-state index in [0.717, 1.165) is 30.5 Å². The van der Waals surface area contributed by atoms with E-state index in [9.17, 15) is 0 Å². The van der Waals surface area contributed by atoms with Gasteiger partial charge in [-0.1, -0.05) is 25.3 Å². The molecule has 1 aromatic heterocycles. The van der Waals surface area contributed by atoms with E-state index >= 15 is 0 Å². The molecule has 1 fully saturated rings. The lowest BCUT2D eigenvalue weighted by molar-refractivity contribution is 0.238. The molecule has 0 radical (unpaired) electrons. The Morgan fingerprint density at radius 3 is 2.83 bits per heavy atom. The minimum absolute atomic E-state index is 0.406. The fourth-order valence-corrected chi connectivity index (χ4v) is 2.96. The molecule has 1 aliphatic heterocycles. The standard InChI is InChI=1S/C15H20N2O/c1-2-6-12(7-3-1)14-11-18-15(17-14)10-13-8-4-5-9-16-13/h4-5,8-9,12,14H,1-3,6-7,10-11H2/t14-/m1/s1. The molecule has 1 aromatic rings. The normalized spacial score (nSPS) is 24.7. The predicted molar refractivity (Wildman–Crippen MR) is 71.7 cm³/mol. The number of rotatable bonds is 3. The van der Waals surface area contributed by atoms with Gasteiger partial charge in [-0.2, -0.15) is 0 Å². The highest BCUT2D eigenvalue weighted by atomic mass is 16.5. The van der Waals surface area contributed by atoms with Crippen molar-refractivity contribution in [1.82, 2.24) is 4.98 Å². The fourth-order valence-electron chi connectivity index (χ4n) is 2.96. The molecule has 0 unspecified atom stereocenters. The van der Waals surface area contributed by atoms with E-state index < -0.39 is 0 Å². The van der Waals surface area contributed by atoms with E-state index in [2.05, 4.69) is 4.98 Å². The topological polar surface area (TPSA) is 34.5 Å². The molecule has 0 bridgehead atoms. The van der Waals surface area contributed by atoms with Gasteiger partial charge in [0.1, 0.15) is 6.61 Å². The van der Waals surface area contributed by atoms with Crippen molar-refractivity contribution in [3.8, 4) is 0 Å². The predicted octanol–water partition coefficient (Wildman–Crippen LogP) is 3.00. The van der Waals surface area contributed by atoms with Crippen molar-refractivity contribution in [2.24, 2.45) is 10.9 Å². The van der Waals surface area contributed by atoms with Gasteiger partial charge in [-0.15, -0.1) is 0 Å². The van der Waals surface area contributed by atoms with Crippen molar-refractivity contribution < 1.29 is 4.74 Å². The average Bonchev–Trinajstić information content (AvgIpc) is 2.89. The van der Waals surface area contributed by atoms with Crippen LogP contribution in [0.5, 0.6) is 0 Å². The van der Waals surface area contributed by atoms with Crippen LogP contribution in [0.3, 0.4) is 0 Å². The third-order valence-electron chi connectivity index (χ3n) is 3.98. The molecule has 2 heterocycles. The molecule has 3 nitrogen and oxygen atoms in total. The Morgan fingerprint density at radius 2 is 2.06 bits per heavy atom. The van der Waals surface area contributed by atoms with Crippen molar-refractivity contribution in [2.75, 3.05) is 6.61 Å².